The van der Waals surface area contributed by atoms with Gasteiger partial charge in [0, 0.05) is 6.20 Å². The van der Waals surface area contributed by atoms with Crippen LogP contribution in [0.4, 0.5) is 0 Å². The number of rotatable bonds is 3. The van der Waals surface area contributed by atoms with Crippen LogP contribution in [0.3, 0.4) is 0 Å². The third-order valence-electron chi connectivity index (χ3n) is 10.5. The molecule has 4 aliphatic rings. The van der Waals surface area contributed by atoms with Gasteiger partial charge in [-0.05, 0) is 112 Å². The molecule has 5 heteroatoms. The Kier molecular flexibility index (Phi) is 5.30. The van der Waals surface area contributed by atoms with Gasteiger partial charge in [-0.15, -0.1) is 0 Å². The van der Waals surface area contributed by atoms with Crippen LogP contribution in [-0.4, -0.2) is 31.2 Å². The van der Waals surface area contributed by atoms with Gasteiger partial charge in [0.25, 0.3) is 0 Å². The van der Waals surface area contributed by atoms with Crippen LogP contribution >= 0.6 is 0 Å². The van der Waals surface area contributed by atoms with Crippen molar-refractivity contribution in [2.75, 3.05) is 0 Å². The van der Waals surface area contributed by atoms with E-state index in [1.807, 2.05) is 13.8 Å². The molecule has 5 rings (SSSR count). The molecule has 0 radical (unpaired) electrons. The zero-order valence-electron chi connectivity index (χ0n) is 20.3. The highest BCUT2D eigenvalue weighted by Gasteiger charge is 2.62. The smallest absolute Gasteiger partial charge is 0.102 e. The first-order chi connectivity index (χ1) is 15.0. The molecular weight excluding hydrogens is 398 g/mol. The number of nitrogens with zero attached hydrogens (tertiary/aromatic N) is 3. The SMILES string of the molecule is C[C@@H]1C[C@H]([C@@](C)(O)Cn2cc(C#N)cn2)[C@@]2(C)CC[C@H]3[C@@H](CC[C@@H]4C[C@](C)(O)CC[C@@H]43)[C@H]12. The fourth-order valence-electron chi connectivity index (χ4n) is 9.53. The second-order valence-electron chi connectivity index (χ2n) is 12.8. The molecule has 2 N–H and O–H groups in total. The average Bonchev–Trinajstić information content (AvgIpc) is 3.28. The topological polar surface area (TPSA) is 82.1 Å². The molecule has 4 saturated carbocycles. The largest absolute Gasteiger partial charge is 0.390 e. The van der Waals surface area contributed by atoms with Crippen molar-refractivity contribution in [2.24, 2.45) is 46.8 Å². The molecule has 1 aromatic rings. The van der Waals surface area contributed by atoms with Crippen molar-refractivity contribution >= 4 is 0 Å². The fraction of sp³-hybridized carbons (Fsp3) is 0.852. The monoisotopic (exact) mass is 439 g/mol. The maximum Gasteiger partial charge on any atom is 0.102 e. The minimum Gasteiger partial charge on any atom is -0.390 e. The molecule has 0 amide bonds. The van der Waals surface area contributed by atoms with Gasteiger partial charge < -0.3 is 10.2 Å². The van der Waals surface area contributed by atoms with E-state index in [1.54, 1.807) is 17.1 Å². The van der Waals surface area contributed by atoms with Crippen molar-refractivity contribution in [1.29, 1.82) is 5.26 Å². The molecule has 0 spiro atoms. The molecule has 1 aromatic heterocycles. The molecule has 4 aliphatic carbocycles. The van der Waals surface area contributed by atoms with Crippen molar-refractivity contribution in [1.82, 2.24) is 9.78 Å². The maximum atomic E-state index is 11.7. The van der Waals surface area contributed by atoms with Crippen LogP contribution in [0.1, 0.15) is 84.6 Å². The predicted octanol–water partition coefficient (Wildman–Crippen LogP) is 4.77. The highest BCUT2D eigenvalue weighted by Crippen LogP contribution is 2.67. The van der Waals surface area contributed by atoms with Crippen LogP contribution in [0.25, 0.3) is 0 Å². The summed E-state index contributed by atoms with van der Waals surface area (Å²) in [6, 6.07) is 2.14. The van der Waals surface area contributed by atoms with Crippen LogP contribution in [0, 0.1) is 58.2 Å². The van der Waals surface area contributed by atoms with Gasteiger partial charge in [0.1, 0.15) is 6.07 Å². The average molecular weight is 440 g/mol. The molecule has 0 bridgehead atoms. The number of nitriles is 1. The molecule has 0 aromatic carbocycles. The summed E-state index contributed by atoms with van der Waals surface area (Å²) in [6.07, 6.45) is 12.6. The van der Waals surface area contributed by atoms with Crippen molar-refractivity contribution in [2.45, 2.75) is 96.8 Å². The lowest BCUT2D eigenvalue weighted by Crippen LogP contribution is -2.54. The zero-order chi connectivity index (χ0) is 22.9. The quantitative estimate of drug-likeness (QED) is 0.711. The second-order valence-corrected chi connectivity index (χ2v) is 12.8. The van der Waals surface area contributed by atoms with E-state index in [2.05, 4.69) is 25.0 Å². The summed E-state index contributed by atoms with van der Waals surface area (Å²) in [5.41, 5.74) is -0.597. The van der Waals surface area contributed by atoms with Crippen molar-refractivity contribution < 1.29 is 10.2 Å². The minimum absolute atomic E-state index is 0.155. The molecule has 1 heterocycles. The lowest BCUT2D eigenvalue weighted by molar-refractivity contribution is -0.129. The molecule has 0 saturated heterocycles. The minimum atomic E-state index is -0.843. The Balaban J connectivity index is 1.37. The van der Waals surface area contributed by atoms with Crippen molar-refractivity contribution in [3.05, 3.63) is 18.0 Å². The zero-order valence-corrected chi connectivity index (χ0v) is 20.3. The lowest BCUT2D eigenvalue weighted by atomic mass is 9.47. The molecule has 0 unspecified atom stereocenters. The maximum absolute atomic E-state index is 11.7. The van der Waals surface area contributed by atoms with Gasteiger partial charge in [-0.1, -0.05) is 13.8 Å². The molecule has 5 nitrogen and oxygen atoms in total. The Hall–Kier alpha value is -1.38. The van der Waals surface area contributed by atoms with Crippen LogP contribution < -0.4 is 0 Å². The van der Waals surface area contributed by atoms with Gasteiger partial charge in [-0.25, -0.2) is 0 Å². The molecular formula is C27H41N3O2. The number of hydrogen-bond donors (Lipinski definition) is 2. The summed E-state index contributed by atoms with van der Waals surface area (Å²) in [5.74, 6) is 4.61. The Morgan fingerprint density at radius 1 is 1.19 bits per heavy atom. The fourth-order valence-corrected chi connectivity index (χ4v) is 9.53. The highest BCUT2D eigenvalue weighted by atomic mass is 16.3. The summed E-state index contributed by atoms with van der Waals surface area (Å²) in [5, 5.41) is 35.9. The number of aliphatic hydroxyl groups is 2. The van der Waals surface area contributed by atoms with Crippen LogP contribution in [0.5, 0.6) is 0 Å². The van der Waals surface area contributed by atoms with Gasteiger partial charge in [0.05, 0.1) is 29.5 Å². The van der Waals surface area contributed by atoms with Crippen LogP contribution in [-0.2, 0) is 6.54 Å². The third-order valence-corrected chi connectivity index (χ3v) is 10.5. The second kappa shape index (κ2) is 7.57. The summed E-state index contributed by atoms with van der Waals surface area (Å²) >= 11 is 0. The van der Waals surface area contributed by atoms with E-state index in [-0.39, 0.29) is 11.3 Å². The summed E-state index contributed by atoms with van der Waals surface area (Å²) < 4.78 is 1.75. The molecule has 0 aliphatic heterocycles. The van der Waals surface area contributed by atoms with E-state index >= 15 is 0 Å². The standard InChI is InChI=1S/C27H41N3O2/c1-17-11-23(27(4,32)16-30-15-18(13-28)14-29-30)26(3)10-8-21-20-7-9-25(2,31)12-19(20)5-6-22(21)24(17)26/h14-15,17,19-24,31-32H,5-12,16H2,1-4H3/t17-,19-,20+,21-,22-,23+,24+,25-,26-,27+/m1/s1. The van der Waals surface area contributed by atoms with Gasteiger partial charge in [-0.3, -0.25) is 4.68 Å². The Labute approximate surface area is 193 Å². The summed E-state index contributed by atoms with van der Waals surface area (Å²) in [6.45, 7) is 9.39. The first-order valence-corrected chi connectivity index (χ1v) is 12.9. The van der Waals surface area contributed by atoms with Crippen molar-refractivity contribution in [3.63, 3.8) is 0 Å². The summed E-state index contributed by atoms with van der Waals surface area (Å²) in [4.78, 5) is 0. The van der Waals surface area contributed by atoms with Crippen LogP contribution in [0.15, 0.2) is 12.4 Å². The first kappa shape index (κ1) is 22.4. The van der Waals surface area contributed by atoms with Gasteiger partial charge in [0.2, 0.25) is 0 Å². The number of fused-ring (bicyclic) bond motifs is 5. The Morgan fingerprint density at radius 2 is 1.94 bits per heavy atom. The van der Waals surface area contributed by atoms with E-state index in [0.29, 0.717) is 29.9 Å². The Bertz CT molecular complexity index is 899. The Morgan fingerprint density at radius 3 is 2.66 bits per heavy atom. The highest BCUT2D eigenvalue weighted by molar-refractivity contribution is 5.22. The van der Waals surface area contributed by atoms with Gasteiger partial charge >= 0.3 is 0 Å². The van der Waals surface area contributed by atoms with E-state index in [1.165, 1.54) is 32.1 Å². The predicted molar refractivity (Wildman–Crippen MR) is 123 cm³/mol. The first-order valence-electron chi connectivity index (χ1n) is 12.9. The van der Waals surface area contributed by atoms with E-state index in [0.717, 1.165) is 37.0 Å². The van der Waals surface area contributed by atoms with Crippen molar-refractivity contribution in [3.8, 4) is 6.07 Å². The number of hydrogen-bond acceptors (Lipinski definition) is 4. The van der Waals surface area contributed by atoms with Gasteiger partial charge in [-0.2, -0.15) is 10.4 Å². The van der Waals surface area contributed by atoms with Crippen LogP contribution in [0.2, 0.25) is 0 Å². The van der Waals surface area contributed by atoms with E-state index < -0.39 is 11.2 Å². The molecule has 32 heavy (non-hydrogen) atoms. The van der Waals surface area contributed by atoms with Gasteiger partial charge in [0.15, 0.2) is 0 Å². The third kappa shape index (κ3) is 3.53. The molecule has 4 fully saturated rings. The van der Waals surface area contributed by atoms with E-state index in [9.17, 15) is 10.2 Å². The normalized spacial score (nSPS) is 47.6. The number of aromatic nitrogens is 2. The molecule has 10 atom stereocenters. The lowest BCUT2D eigenvalue weighted by Gasteiger charge is -2.58. The van der Waals surface area contributed by atoms with E-state index in [4.69, 9.17) is 5.26 Å². The molecule has 176 valence electrons. The summed E-state index contributed by atoms with van der Waals surface area (Å²) in [7, 11) is 0.